The van der Waals surface area contributed by atoms with Crippen LogP contribution in [0.4, 0.5) is 4.39 Å². The second-order valence-electron chi connectivity index (χ2n) is 5.82. The van der Waals surface area contributed by atoms with Crippen LogP contribution in [0, 0.1) is 11.7 Å². The van der Waals surface area contributed by atoms with Gasteiger partial charge in [0.05, 0.1) is 0 Å². The monoisotopic (exact) mass is 236 g/mol. The summed E-state index contributed by atoms with van der Waals surface area (Å²) in [6, 6.07) is 5.18. The highest BCUT2D eigenvalue weighted by molar-refractivity contribution is 5.32. The van der Waals surface area contributed by atoms with Crippen molar-refractivity contribution in [3.05, 3.63) is 29.6 Å². The number of ether oxygens (including phenoxy) is 1. The molecule has 0 unspecified atom stereocenters. The topological polar surface area (TPSA) is 9.23 Å². The molecule has 1 saturated carbocycles. The molecule has 0 aliphatic heterocycles. The van der Waals surface area contributed by atoms with Crippen molar-refractivity contribution >= 4 is 0 Å². The zero-order valence-corrected chi connectivity index (χ0v) is 11.1. The van der Waals surface area contributed by atoms with Crippen molar-refractivity contribution in [2.45, 2.75) is 52.1 Å². The molecule has 0 amide bonds. The summed E-state index contributed by atoms with van der Waals surface area (Å²) in [5.74, 6) is 1.10. The number of benzene rings is 1. The maximum absolute atomic E-state index is 13.7. The summed E-state index contributed by atoms with van der Waals surface area (Å²) in [6.45, 7) is 8.30. The Hall–Kier alpha value is -1.05. The van der Waals surface area contributed by atoms with Crippen LogP contribution in [-0.2, 0) is 0 Å². The highest BCUT2D eigenvalue weighted by Gasteiger charge is 2.40. The Morgan fingerprint density at radius 2 is 1.94 bits per heavy atom. The van der Waals surface area contributed by atoms with Gasteiger partial charge in [0, 0.05) is 0 Å². The van der Waals surface area contributed by atoms with Crippen LogP contribution in [0.5, 0.6) is 5.75 Å². The van der Waals surface area contributed by atoms with Crippen molar-refractivity contribution in [2.24, 2.45) is 5.92 Å². The van der Waals surface area contributed by atoms with Gasteiger partial charge in [-0.2, -0.15) is 0 Å². The van der Waals surface area contributed by atoms with Crippen molar-refractivity contribution in [1.29, 1.82) is 0 Å². The van der Waals surface area contributed by atoms with Crippen LogP contribution in [0.25, 0.3) is 0 Å². The fourth-order valence-electron chi connectivity index (χ4n) is 2.10. The molecule has 0 atom stereocenters. The zero-order valence-electron chi connectivity index (χ0n) is 11.1. The molecular weight excluding hydrogens is 215 g/mol. The van der Waals surface area contributed by atoms with E-state index in [1.807, 2.05) is 26.0 Å². The summed E-state index contributed by atoms with van der Waals surface area (Å²) in [5, 5.41) is 0. The number of hydrogen-bond donors (Lipinski definition) is 0. The van der Waals surface area contributed by atoms with Crippen LogP contribution >= 0.6 is 0 Å². The van der Waals surface area contributed by atoms with Gasteiger partial charge in [0.25, 0.3) is 0 Å². The van der Waals surface area contributed by atoms with Crippen LogP contribution in [0.1, 0.15) is 52.0 Å². The van der Waals surface area contributed by atoms with Crippen molar-refractivity contribution in [1.82, 2.24) is 0 Å². The van der Waals surface area contributed by atoms with Gasteiger partial charge in [-0.3, -0.25) is 0 Å². The average Bonchev–Trinajstić information content (AvgIpc) is 3.04. The van der Waals surface area contributed by atoms with Crippen molar-refractivity contribution in [3.8, 4) is 5.75 Å². The average molecular weight is 236 g/mol. The maximum atomic E-state index is 13.7. The fourth-order valence-corrected chi connectivity index (χ4v) is 2.10. The van der Waals surface area contributed by atoms with Crippen LogP contribution in [0.2, 0.25) is 0 Å². The summed E-state index contributed by atoms with van der Waals surface area (Å²) in [4.78, 5) is 0. The first kappa shape index (κ1) is 12.4. The standard InChI is InChI=1S/C15H21FO/c1-10(2)11-5-8-13(16)14(9-11)17-15(3,4)12-6-7-12/h5,8-10,12H,6-7H2,1-4H3. The smallest absolute Gasteiger partial charge is 0.165 e. The molecule has 0 aromatic heterocycles. The Labute approximate surface area is 103 Å². The minimum atomic E-state index is -0.261. The molecule has 0 bridgehead atoms. The predicted molar refractivity (Wildman–Crippen MR) is 67.9 cm³/mol. The normalized spacial score (nSPS) is 16.4. The summed E-state index contributed by atoms with van der Waals surface area (Å²) in [5.41, 5.74) is 0.865. The molecule has 17 heavy (non-hydrogen) atoms. The zero-order chi connectivity index (χ0) is 12.6. The lowest BCUT2D eigenvalue weighted by Crippen LogP contribution is -2.31. The fraction of sp³-hybridized carbons (Fsp3) is 0.600. The molecule has 2 rings (SSSR count). The second-order valence-corrected chi connectivity index (χ2v) is 5.82. The third-order valence-electron chi connectivity index (χ3n) is 3.56. The van der Waals surface area contributed by atoms with Gasteiger partial charge in [0.2, 0.25) is 0 Å². The second kappa shape index (κ2) is 4.32. The minimum absolute atomic E-state index is 0.254. The van der Waals surface area contributed by atoms with E-state index in [2.05, 4.69) is 13.8 Å². The van der Waals surface area contributed by atoms with Crippen molar-refractivity contribution in [2.75, 3.05) is 0 Å². The third-order valence-corrected chi connectivity index (χ3v) is 3.56. The van der Waals surface area contributed by atoms with E-state index in [0.29, 0.717) is 17.6 Å². The quantitative estimate of drug-likeness (QED) is 0.747. The van der Waals surface area contributed by atoms with Crippen LogP contribution in [0.3, 0.4) is 0 Å². The number of halogens is 1. The third kappa shape index (κ3) is 2.80. The molecule has 2 heteroatoms. The Kier molecular flexibility index (Phi) is 3.15. The Morgan fingerprint density at radius 1 is 1.29 bits per heavy atom. The Bertz CT molecular complexity index is 405. The van der Waals surface area contributed by atoms with Gasteiger partial charge < -0.3 is 4.74 Å². The summed E-state index contributed by atoms with van der Waals surface area (Å²) < 4.78 is 19.6. The largest absolute Gasteiger partial charge is 0.484 e. The highest BCUT2D eigenvalue weighted by atomic mass is 19.1. The first-order chi connectivity index (χ1) is 7.90. The van der Waals surface area contributed by atoms with E-state index in [9.17, 15) is 4.39 Å². The van der Waals surface area contributed by atoms with Crippen molar-refractivity contribution in [3.63, 3.8) is 0 Å². The van der Waals surface area contributed by atoms with E-state index >= 15 is 0 Å². The van der Waals surface area contributed by atoms with Crippen LogP contribution in [0.15, 0.2) is 18.2 Å². The molecule has 0 saturated heterocycles. The van der Waals surface area contributed by atoms with Crippen LogP contribution < -0.4 is 4.74 Å². The van der Waals surface area contributed by atoms with E-state index in [0.717, 1.165) is 5.56 Å². The molecule has 0 heterocycles. The van der Waals surface area contributed by atoms with Gasteiger partial charge in [-0.05, 0) is 56.2 Å². The molecular formula is C15H21FO. The van der Waals surface area contributed by atoms with Gasteiger partial charge in [0.1, 0.15) is 5.60 Å². The molecule has 1 aromatic rings. The van der Waals surface area contributed by atoms with Gasteiger partial charge >= 0.3 is 0 Å². The lowest BCUT2D eigenvalue weighted by Gasteiger charge is -2.27. The van der Waals surface area contributed by atoms with Crippen molar-refractivity contribution < 1.29 is 9.13 Å². The van der Waals surface area contributed by atoms with E-state index in [-0.39, 0.29) is 11.4 Å². The molecule has 0 N–H and O–H groups in total. The lowest BCUT2D eigenvalue weighted by atomic mass is 10.0. The highest BCUT2D eigenvalue weighted by Crippen LogP contribution is 2.42. The van der Waals surface area contributed by atoms with E-state index in [1.54, 1.807) is 0 Å². The molecule has 1 nitrogen and oxygen atoms in total. The predicted octanol–water partition coefficient (Wildman–Crippen LogP) is 4.52. The van der Waals surface area contributed by atoms with E-state index in [4.69, 9.17) is 4.74 Å². The first-order valence-corrected chi connectivity index (χ1v) is 6.38. The van der Waals surface area contributed by atoms with Gasteiger partial charge in [-0.25, -0.2) is 4.39 Å². The number of hydrogen-bond acceptors (Lipinski definition) is 1. The number of rotatable bonds is 4. The molecule has 0 spiro atoms. The van der Waals surface area contributed by atoms with Crippen LogP contribution in [-0.4, -0.2) is 5.60 Å². The summed E-state index contributed by atoms with van der Waals surface area (Å²) >= 11 is 0. The molecule has 0 radical (unpaired) electrons. The SMILES string of the molecule is CC(C)c1ccc(F)c(OC(C)(C)C2CC2)c1. The van der Waals surface area contributed by atoms with E-state index in [1.165, 1.54) is 18.9 Å². The molecule has 94 valence electrons. The van der Waals surface area contributed by atoms with Gasteiger partial charge in [-0.15, -0.1) is 0 Å². The first-order valence-electron chi connectivity index (χ1n) is 6.38. The molecule has 1 aromatic carbocycles. The minimum Gasteiger partial charge on any atom is -0.484 e. The Balaban J connectivity index is 2.22. The summed E-state index contributed by atoms with van der Waals surface area (Å²) in [6.07, 6.45) is 2.39. The Morgan fingerprint density at radius 3 is 2.47 bits per heavy atom. The molecule has 1 aliphatic rings. The molecule has 1 fully saturated rings. The maximum Gasteiger partial charge on any atom is 0.165 e. The van der Waals surface area contributed by atoms with Gasteiger partial charge in [-0.1, -0.05) is 19.9 Å². The van der Waals surface area contributed by atoms with E-state index < -0.39 is 0 Å². The summed E-state index contributed by atoms with van der Waals surface area (Å²) in [7, 11) is 0. The lowest BCUT2D eigenvalue weighted by molar-refractivity contribution is 0.0800. The van der Waals surface area contributed by atoms with Gasteiger partial charge in [0.15, 0.2) is 11.6 Å². The molecule has 1 aliphatic carbocycles.